The fourth-order valence-electron chi connectivity index (χ4n) is 3.41. The fourth-order valence-corrected chi connectivity index (χ4v) is 3.41. The maximum absolute atomic E-state index is 5.97. The van der Waals surface area contributed by atoms with Gasteiger partial charge in [0.25, 0.3) is 0 Å². The fraction of sp³-hybridized carbons (Fsp3) is 0.500. The van der Waals surface area contributed by atoms with Crippen LogP contribution in [0.25, 0.3) is 0 Å². The van der Waals surface area contributed by atoms with E-state index >= 15 is 0 Å². The Labute approximate surface area is 123 Å². The molecule has 5 nitrogen and oxygen atoms in total. The zero-order valence-corrected chi connectivity index (χ0v) is 11.9. The first-order valence-corrected chi connectivity index (χ1v) is 7.62. The van der Waals surface area contributed by atoms with E-state index < -0.39 is 0 Å². The molecule has 2 aliphatic rings. The smallest absolute Gasteiger partial charge is 0.229 e. The van der Waals surface area contributed by atoms with Gasteiger partial charge in [-0.05, 0) is 31.7 Å². The lowest BCUT2D eigenvalue weighted by atomic mass is 9.92. The topological polar surface area (TPSA) is 74.2 Å². The molecule has 21 heavy (non-hydrogen) atoms. The average Bonchev–Trinajstić information content (AvgIpc) is 3.15. The maximum Gasteiger partial charge on any atom is 0.229 e. The highest BCUT2D eigenvalue weighted by atomic mass is 16.5. The van der Waals surface area contributed by atoms with Crippen molar-refractivity contribution < 1.29 is 9.26 Å². The maximum atomic E-state index is 5.97. The molecule has 2 heterocycles. The molecule has 0 bridgehead atoms. The Morgan fingerprint density at radius 2 is 2.05 bits per heavy atom. The number of benzene rings is 1. The van der Waals surface area contributed by atoms with Crippen molar-refractivity contribution in [2.24, 2.45) is 5.73 Å². The third-order valence-electron chi connectivity index (χ3n) is 4.55. The Bertz CT molecular complexity index is 640. The summed E-state index contributed by atoms with van der Waals surface area (Å²) in [4.78, 5) is 4.66. The number of hydrogen-bond donors (Lipinski definition) is 1. The second-order valence-electron chi connectivity index (χ2n) is 5.99. The minimum atomic E-state index is 0.169. The van der Waals surface area contributed by atoms with Gasteiger partial charge in [-0.3, -0.25) is 0 Å². The second kappa shape index (κ2) is 5.15. The van der Waals surface area contributed by atoms with Crippen LogP contribution in [0.5, 0.6) is 5.75 Å². The van der Waals surface area contributed by atoms with Gasteiger partial charge < -0.3 is 15.0 Å². The van der Waals surface area contributed by atoms with Crippen LogP contribution in [0.15, 0.2) is 28.8 Å². The number of para-hydroxylation sites is 1. The third-order valence-corrected chi connectivity index (χ3v) is 4.55. The number of fused-ring (bicyclic) bond motifs is 1. The van der Waals surface area contributed by atoms with Crippen LogP contribution in [0, 0.1) is 0 Å². The van der Waals surface area contributed by atoms with Crippen LogP contribution < -0.4 is 10.5 Å². The molecule has 5 heteroatoms. The van der Waals surface area contributed by atoms with Crippen molar-refractivity contribution in [3.05, 3.63) is 41.5 Å². The van der Waals surface area contributed by atoms with Gasteiger partial charge in [0.2, 0.25) is 5.89 Å². The number of aromatic nitrogens is 2. The lowest BCUT2D eigenvalue weighted by Gasteiger charge is -2.23. The molecular formula is C16H19N3O2. The Balaban J connectivity index is 1.62. The van der Waals surface area contributed by atoms with Crippen molar-refractivity contribution in [2.45, 2.75) is 43.6 Å². The van der Waals surface area contributed by atoms with Gasteiger partial charge in [0.05, 0.1) is 12.5 Å². The van der Waals surface area contributed by atoms with Gasteiger partial charge >= 0.3 is 0 Å². The quantitative estimate of drug-likeness (QED) is 0.918. The van der Waals surface area contributed by atoms with Crippen molar-refractivity contribution in [1.82, 2.24) is 10.1 Å². The summed E-state index contributed by atoms with van der Waals surface area (Å²) < 4.78 is 11.2. The zero-order chi connectivity index (χ0) is 14.2. The van der Waals surface area contributed by atoms with E-state index in [1.165, 1.54) is 0 Å². The van der Waals surface area contributed by atoms with Gasteiger partial charge in [0.15, 0.2) is 5.82 Å². The van der Waals surface area contributed by atoms with E-state index in [0.29, 0.717) is 12.5 Å². The van der Waals surface area contributed by atoms with Gasteiger partial charge in [0, 0.05) is 17.5 Å². The molecular weight excluding hydrogens is 266 g/mol. The monoisotopic (exact) mass is 285 g/mol. The van der Waals surface area contributed by atoms with Gasteiger partial charge in [0.1, 0.15) is 5.75 Å². The minimum Gasteiger partial charge on any atom is -0.493 e. The molecule has 3 unspecified atom stereocenters. The highest BCUT2D eigenvalue weighted by molar-refractivity contribution is 5.40. The molecule has 1 aliphatic heterocycles. The van der Waals surface area contributed by atoms with Gasteiger partial charge in [-0.25, -0.2) is 0 Å². The first-order valence-electron chi connectivity index (χ1n) is 7.62. The minimum absolute atomic E-state index is 0.169. The first kappa shape index (κ1) is 12.8. The van der Waals surface area contributed by atoms with Crippen molar-refractivity contribution in [2.75, 3.05) is 6.61 Å². The summed E-state index contributed by atoms with van der Waals surface area (Å²) in [5.41, 5.74) is 7.12. The van der Waals surface area contributed by atoms with Crippen LogP contribution >= 0.6 is 0 Å². The highest BCUT2D eigenvalue weighted by Gasteiger charge is 2.31. The van der Waals surface area contributed by atoms with Crippen molar-refractivity contribution >= 4 is 0 Å². The highest BCUT2D eigenvalue weighted by Crippen LogP contribution is 2.38. The molecule has 0 amide bonds. The Morgan fingerprint density at radius 1 is 1.14 bits per heavy atom. The lowest BCUT2D eigenvalue weighted by molar-refractivity contribution is 0.272. The molecule has 1 saturated carbocycles. The first-order chi connectivity index (χ1) is 10.3. The largest absolute Gasteiger partial charge is 0.493 e. The van der Waals surface area contributed by atoms with Crippen LogP contribution in [0.4, 0.5) is 0 Å². The van der Waals surface area contributed by atoms with E-state index in [2.05, 4.69) is 16.2 Å². The summed E-state index contributed by atoms with van der Waals surface area (Å²) in [6.45, 7) is 0.694. The van der Waals surface area contributed by atoms with Crippen molar-refractivity contribution in [1.29, 1.82) is 0 Å². The summed E-state index contributed by atoms with van der Waals surface area (Å²) >= 11 is 0. The summed E-state index contributed by atoms with van der Waals surface area (Å²) in [5.74, 6) is 2.96. The molecule has 0 radical (unpaired) electrons. The van der Waals surface area contributed by atoms with Crippen LogP contribution in [-0.2, 0) is 0 Å². The third kappa shape index (κ3) is 2.31. The summed E-state index contributed by atoms with van der Waals surface area (Å²) in [5, 5.41) is 4.23. The molecule has 1 aromatic heterocycles. The Hall–Kier alpha value is -1.88. The molecule has 1 fully saturated rings. The normalized spacial score (nSPS) is 28.1. The summed E-state index contributed by atoms with van der Waals surface area (Å²) in [7, 11) is 0. The number of rotatable bonds is 2. The predicted molar refractivity (Wildman–Crippen MR) is 77.3 cm³/mol. The molecule has 2 N–H and O–H groups in total. The van der Waals surface area contributed by atoms with Crippen molar-refractivity contribution in [3.8, 4) is 5.75 Å². The van der Waals surface area contributed by atoms with E-state index in [1.807, 2.05) is 18.2 Å². The van der Waals surface area contributed by atoms with E-state index in [9.17, 15) is 0 Å². The number of nitrogens with zero attached hydrogens (tertiary/aromatic N) is 2. The molecule has 0 spiro atoms. The second-order valence-corrected chi connectivity index (χ2v) is 5.99. The SMILES string of the molecule is NC1CCC(c2nc(C3CCOc4ccccc43)no2)C1. The van der Waals surface area contributed by atoms with Crippen LogP contribution in [-0.4, -0.2) is 22.8 Å². The van der Waals surface area contributed by atoms with E-state index in [-0.39, 0.29) is 12.0 Å². The van der Waals surface area contributed by atoms with Gasteiger partial charge in [-0.15, -0.1) is 0 Å². The van der Waals surface area contributed by atoms with Gasteiger partial charge in [-0.1, -0.05) is 23.4 Å². The number of nitrogens with two attached hydrogens (primary N) is 1. The molecule has 3 atom stereocenters. The van der Waals surface area contributed by atoms with Gasteiger partial charge in [-0.2, -0.15) is 4.98 Å². The molecule has 2 aromatic rings. The van der Waals surface area contributed by atoms with E-state index in [1.54, 1.807) is 0 Å². The summed E-state index contributed by atoms with van der Waals surface area (Å²) in [6, 6.07) is 8.37. The number of ether oxygens (including phenoxy) is 1. The standard InChI is InChI=1S/C16H19N3O2/c17-11-6-5-10(9-11)16-18-15(19-21-16)13-7-8-20-14-4-2-1-3-12(13)14/h1-4,10-11,13H,5-9,17H2. The predicted octanol–water partition coefficient (Wildman–Crippen LogP) is 2.58. The summed E-state index contributed by atoms with van der Waals surface area (Å²) in [6.07, 6.45) is 3.93. The zero-order valence-electron chi connectivity index (χ0n) is 11.9. The van der Waals surface area contributed by atoms with Crippen LogP contribution in [0.2, 0.25) is 0 Å². The Morgan fingerprint density at radius 3 is 2.90 bits per heavy atom. The van der Waals surface area contributed by atoms with E-state index in [4.69, 9.17) is 15.0 Å². The molecule has 4 rings (SSSR count). The van der Waals surface area contributed by atoms with Crippen LogP contribution in [0.1, 0.15) is 54.8 Å². The molecule has 1 aliphatic carbocycles. The average molecular weight is 285 g/mol. The molecule has 1 aromatic carbocycles. The van der Waals surface area contributed by atoms with Crippen LogP contribution in [0.3, 0.4) is 0 Å². The number of hydrogen-bond acceptors (Lipinski definition) is 5. The molecule has 110 valence electrons. The molecule has 0 saturated heterocycles. The lowest BCUT2D eigenvalue weighted by Crippen LogP contribution is -2.16. The van der Waals surface area contributed by atoms with E-state index in [0.717, 1.165) is 48.7 Å². The van der Waals surface area contributed by atoms with Crippen molar-refractivity contribution in [3.63, 3.8) is 0 Å². The Kier molecular flexibility index (Phi) is 3.15.